The van der Waals surface area contributed by atoms with Gasteiger partial charge in [0.1, 0.15) is 0 Å². The fraction of sp³-hybridized carbons (Fsp3) is 0.464. The zero-order valence-electron chi connectivity index (χ0n) is 19.9. The summed E-state index contributed by atoms with van der Waals surface area (Å²) in [7, 11) is 0. The molecule has 7 heteroatoms. The van der Waals surface area contributed by atoms with E-state index in [4.69, 9.17) is 10.00 Å². The quantitative estimate of drug-likeness (QED) is 0.670. The molecule has 5 rings (SSSR count). The lowest BCUT2D eigenvalue weighted by Gasteiger charge is -2.25. The number of hydrogen-bond acceptors (Lipinski definition) is 5. The van der Waals surface area contributed by atoms with Gasteiger partial charge in [-0.05, 0) is 54.5 Å². The van der Waals surface area contributed by atoms with E-state index in [-0.39, 0.29) is 23.8 Å². The van der Waals surface area contributed by atoms with Crippen molar-refractivity contribution in [3.63, 3.8) is 0 Å². The summed E-state index contributed by atoms with van der Waals surface area (Å²) < 4.78 is 5.40. The van der Waals surface area contributed by atoms with Crippen LogP contribution in [0, 0.1) is 29.1 Å². The third-order valence-electron chi connectivity index (χ3n) is 7.66. The normalized spacial score (nSPS) is 24.7. The van der Waals surface area contributed by atoms with Gasteiger partial charge in [-0.15, -0.1) is 0 Å². The Kier molecular flexibility index (Phi) is 7.12. The second-order valence-corrected chi connectivity index (χ2v) is 10.0. The minimum absolute atomic E-state index is 0.0146. The molecule has 2 amide bonds. The van der Waals surface area contributed by atoms with Gasteiger partial charge in [-0.1, -0.05) is 30.3 Å². The summed E-state index contributed by atoms with van der Waals surface area (Å²) in [6.45, 7) is 5.61. The number of fused-ring (bicyclic) bond motifs is 1. The molecule has 0 saturated carbocycles. The molecule has 1 N–H and O–H groups in total. The summed E-state index contributed by atoms with van der Waals surface area (Å²) in [4.78, 5) is 30.2. The summed E-state index contributed by atoms with van der Waals surface area (Å²) in [5.41, 5.74) is 2.35. The molecule has 3 aliphatic heterocycles. The van der Waals surface area contributed by atoms with Crippen LogP contribution < -0.4 is 5.32 Å². The van der Waals surface area contributed by atoms with E-state index in [0.29, 0.717) is 36.2 Å². The van der Waals surface area contributed by atoms with Crippen molar-refractivity contribution in [2.75, 3.05) is 45.9 Å². The lowest BCUT2D eigenvalue weighted by atomic mass is 10.0. The Hall–Kier alpha value is -3.21. The number of hydrogen-bond donors (Lipinski definition) is 1. The van der Waals surface area contributed by atoms with Crippen molar-refractivity contribution in [1.82, 2.24) is 15.1 Å². The molecule has 3 unspecified atom stereocenters. The zero-order chi connectivity index (χ0) is 24.2. The van der Waals surface area contributed by atoms with Crippen LogP contribution >= 0.6 is 0 Å². The van der Waals surface area contributed by atoms with Crippen LogP contribution in [-0.4, -0.2) is 67.6 Å². The number of likely N-dealkylation sites (tertiary alicyclic amines) is 2. The molecular weight excluding hydrogens is 440 g/mol. The van der Waals surface area contributed by atoms with Crippen LogP contribution in [0.2, 0.25) is 0 Å². The molecule has 35 heavy (non-hydrogen) atoms. The number of amides is 2. The lowest BCUT2D eigenvalue weighted by Crippen LogP contribution is -2.37. The first-order chi connectivity index (χ1) is 17.1. The second-order valence-electron chi connectivity index (χ2n) is 10.0. The fourth-order valence-corrected chi connectivity index (χ4v) is 5.66. The van der Waals surface area contributed by atoms with Crippen molar-refractivity contribution in [1.29, 1.82) is 5.26 Å². The number of nitriles is 1. The Bertz CT molecular complexity index is 1060. The topological polar surface area (TPSA) is 85.7 Å². The number of rotatable bonds is 7. The maximum absolute atomic E-state index is 12.9. The highest BCUT2D eigenvalue weighted by Crippen LogP contribution is 2.32. The average molecular weight is 473 g/mol. The number of carbonyl (C=O) groups excluding carboxylic acids is 2. The van der Waals surface area contributed by atoms with Crippen molar-refractivity contribution < 1.29 is 14.3 Å². The van der Waals surface area contributed by atoms with Gasteiger partial charge >= 0.3 is 0 Å². The van der Waals surface area contributed by atoms with Crippen molar-refractivity contribution in [3.05, 3.63) is 71.3 Å². The molecule has 0 bridgehead atoms. The molecular formula is C28H32N4O3. The molecule has 182 valence electrons. The van der Waals surface area contributed by atoms with E-state index in [1.54, 1.807) is 24.3 Å². The molecule has 3 heterocycles. The van der Waals surface area contributed by atoms with Gasteiger partial charge in [0.05, 0.1) is 30.2 Å². The van der Waals surface area contributed by atoms with Gasteiger partial charge in [-0.2, -0.15) is 5.26 Å². The number of nitrogens with zero attached hydrogens (tertiary/aromatic N) is 3. The zero-order valence-corrected chi connectivity index (χ0v) is 19.9. The maximum Gasteiger partial charge on any atom is 0.253 e. The van der Waals surface area contributed by atoms with Crippen molar-refractivity contribution >= 4 is 11.8 Å². The third kappa shape index (κ3) is 5.39. The number of carbonyl (C=O) groups is 2. The fourth-order valence-electron chi connectivity index (χ4n) is 5.66. The number of nitrogens with one attached hydrogen (secondary N) is 1. The van der Waals surface area contributed by atoms with E-state index in [9.17, 15) is 9.59 Å². The summed E-state index contributed by atoms with van der Waals surface area (Å²) in [6.07, 6.45) is 1.65. The van der Waals surface area contributed by atoms with Gasteiger partial charge in [0.25, 0.3) is 5.91 Å². The maximum atomic E-state index is 12.9. The third-order valence-corrected chi connectivity index (χ3v) is 7.66. The SMILES string of the molecule is N#Cc1ccc(C(=O)N2CC3CN(CC[C@H](NC(=O)C4CCOC4)c4ccccc4)CC3C2)cc1. The highest BCUT2D eigenvalue weighted by molar-refractivity contribution is 5.94. The molecule has 3 saturated heterocycles. The minimum atomic E-state index is -0.0491. The van der Waals surface area contributed by atoms with E-state index in [1.807, 2.05) is 23.1 Å². The first-order valence-electron chi connectivity index (χ1n) is 12.6. The molecule has 0 aromatic heterocycles. The smallest absolute Gasteiger partial charge is 0.253 e. The van der Waals surface area contributed by atoms with Crippen LogP contribution in [0.3, 0.4) is 0 Å². The largest absolute Gasteiger partial charge is 0.381 e. The highest BCUT2D eigenvalue weighted by Gasteiger charge is 2.41. The molecule has 0 radical (unpaired) electrons. The number of ether oxygens (including phenoxy) is 1. The Morgan fingerprint density at radius 2 is 1.74 bits per heavy atom. The van der Waals surface area contributed by atoms with Crippen molar-refractivity contribution in [3.8, 4) is 6.07 Å². The molecule has 4 atom stereocenters. The summed E-state index contributed by atoms with van der Waals surface area (Å²) >= 11 is 0. The first kappa shape index (κ1) is 23.5. The van der Waals surface area contributed by atoms with Gasteiger partial charge in [0.2, 0.25) is 5.91 Å². The van der Waals surface area contributed by atoms with E-state index < -0.39 is 0 Å². The summed E-state index contributed by atoms with van der Waals surface area (Å²) in [6, 6.07) is 19.2. The molecule has 0 spiro atoms. The summed E-state index contributed by atoms with van der Waals surface area (Å²) in [5.74, 6) is 1.06. The standard InChI is InChI=1S/C28H32N4O3/c29-14-20-6-8-22(9-7-20)28(34)32-17-24-15-31(16-25(24)18-32)12-10-26(21-4-2-1-3-5-21)30-27(33)23-11-13-35-19-23/h1-9,23-26H,10-13,15-19H2,(H,30,33)/t23?,24?,25?,26-/m0/s1. The monoisotopic (exact) mass is 472 g/mol. The highest BCUT2D eigenvalue weighted by atomic mass is 16.5. The predicted molar refractivity (Wildman–Crippen MR) is 131 cm³/mol. The van der Waals surface area contributed by atoms with Crippen molar-refractivity contribution in [2.24, 2.45) is 17.8 Å². The molecule has 3 aliphatic rings. The molecule has 3 fully saturated rings. The van der Waals surface area contributed by atoms with E-state index in [2.05, 4.69) is 28.4 Å². The predicted octanol–water partition coefficient (Wildman–Crippen LogP) is 2.85. The second kappa shape index (κ2) is 10.6. The van der Waals surface area contributed by atoms with Crippen LogP contribution in [0.15, 0.2) is 54.6 Å². The molecule has 7 nitrogen and oxygen atoms in total. The van der Waals surface area contributed by atoms with Gasteiger partial charge in [0.15, 0.2) is 0 Å². The van der Waals surface area contributed by atoms with Gasteiger partial charge in [-0.3, -0.25) is 9.59 Å². The van der Waals surface area contributed by atoms with Gasteiger partial charge < -0.3 is 19.9 Å². The van der Waals surface area contributed by atoms with Crippen LogP contribution in [0.5, 0.6) is 0 Å². The Labute approximate surface area is 206 Å². The molecule has 2 aromatic carbocycles. The number of benzene rings is 2. The average Bonchev–Trinajstić information content (AvgIpc) is 3.64. The molecule has 2 aromatic rings. The van der Waals surface area contributed by atoms with Crippen LogP contribution in [-0.2, 0) is 9.53 Å². The van der Waals surface area contributed by atoms with E-state index in [0.717, 1.165) is 51.1 Å². The minimum Gasteiger partial charge on any atom is -0.381 e. The van der Waals surface area contributed by atoms with Crippen LogP contribution in [0.4, 0.5) is 0 Å². The lowest BCUT2D eigenvalue weighted by molar-refractivity contribution is -0.125. The Morgan fingerprint density at radius 3 is 2.37 bits per heavy atom. The van der Waals surface area contributed by atoms with Crippen molar-refractivity contribution in [2.45, 2.75) is 18.9 Å². The van der Waals surface area contributed by atoms with Crippen LogP contribution in [0.25, 0.3) is 0 Å². The van der Waals surface area contributed by atoms with Crippen LogP contribution in [0.1, 0.15) is 40.4 Å². The first-order valence-corrected chi connectivity index (χ1v) is 12.6. The molecule has 0 aliphatic carbocycles. The Morgan fingerprint density at radius 1 is 1.03 bits per heavy atom. The Balaban J connectivity index is 1.15. The van der Waals surface area contributed by atoms with E-state index >= 15 is 0 Å². The van der Waals surface area contributed by atoms with E-state index in [1.165, 1.54) is 0 Å². The van der Waals surface area contributed by atoms with Gasteiger partial charge in [-0.25, -0.2) is 0 Å². The van der Waals surface area contributed by atoms with Gasteiger partial charge in [0, 0.05) is 44.9 Å². The summed E-state index contributed by atoms with van der Waals surface area (Å²) in [5, 5.41) is 12.3.